The molecule has 23 heavy (non-hydrogen) atoms. The van der Waals surface area contributed by atoms with Gasteiger partial charge in [-0.3, -0.25) is 4.79 Å². The zero-order chi connectivity index (χ0) is 16.1. The third kappa shape index (κ3) is 3.31. The van der Waals surface area contributed by atoms with Crippen molar-refractivity contribution in [2.75, 3.05) is 0 Å². The summed E-state index contributed by atoms with van der Waals surface area (Å²) in [4.78, 5) is 15.4. The third-order valence-electron chi connectivity index (χ3n) is 3.79. The van der Waals surface area contributed by atoms with Crippen LogP contribution in [0.2, 0.25) is 0 Å². The molecule has 0 spiro atoms. The lowest BCUT2D eigenvalue weighted by Crippen LogP contribution is -2.20. The van der Waals surface area contributed by atoms with Gasteiger partial charge >= 0.3 is 0 Å². The third-order valence-corrected chi connectivity index (χ3v) is 3.79. The molecule has 3 aromatic rings. The summed E-state index contributed by atoms with van der Waals surface area (Å²) in [6.07, 6.45) is 4.92. The van der Waals surface area contributed by atoms with E-state index in [4.69, 9.17) is 0 Å². The van der Waals surface area contributed by atoms with Gasteiger partial charge in [0.25, 0.3) is 0 Å². The van der Waals surface area contributed by atoms with Crippen molar-refractivity contribution in [1.29, 1.82) is 0 Å². The van der Waals surface area contributed by atoms with Crippen LogP contribution in [0.5, 0.6) is 0 Å². The van der Waals surface area contributed by atoms with E-state index in [2.05, 4.69) is 45.2 Å². The smallest absolute Gasteiger partial charge is 0.207 e. The molecule has 4 heteroatoms. The van der Waals surface area contributed by atoms with Gasteiger partial charge in [-0.2, -0.15) is 0 Å². The maximum atomic E-state index is 10.8. The van der Waals surface area contributed by atoms with Gasteiger partial charge in [0.1, 0.15) is 5.82 Å². The Bertz CT molecular complexity index is 821. The van der Waals surface area contributed by atoms with Crippen LogP contribution in [0.15, 0.2) is 60.7 Å². The van der Waals surface area contributed by atoms with Crippen molar-refractivity contribution in [3.63, 3.8) is 0 Å². The summed E-state index contributed by atoms with van der Waals surface area (Å²) in [5.74, 6) is 0.857. The van der Waals surface area contributed by atoms with Crippen LogP contribution in [-0.2, 0) is 11.3 Å². The first-order valence-electron chi connectivity index (χ1n) is 7.66. The van der Waals surface area contributed by atoms with Gasteiger partial charge in [0.2, 0.25) is 6.41 Å². The van der Waals surface area contributed by atoms with Crippen LogP contribution >= 0.6 is 0 Å². The summed E-state index contributed by atoms with van der Waals surface area (Å²) in [5.41, 5.74) is 3.17. The summed E-state index contributed by atoms with van der Waals surface area (Å²) in [5, 5.41) is 2.78. The molecule has 1 amide bonds. The largest absolute Gasteiger partial charge is 0.349 e. The zero-order valence-corrected chi connectivity index (χ0v) is 13.0. The number of rotatable bonds is 6. The van der Waals surface area contributed by atoms with Crippen molar-refractivity contribution < 1.29 is 4.79 Å². The highest BCUT2D eigenvalue weighted by atomic mass is 16.1. The molecule has 4 nitrogen and oxygen atoms in total. The fourth-order valence-corrected chi connectivity index (χ4v) is 2.65. The minimum Gasteiger partial charge on any atom is -0.349 e. The molecule has 0 bridgehead atoms. The van der Waals surface area contributed by atoms with Crippen LogP contribution in [0.25, 0.3) is 17.1 Å². The zero-order valence-electron chi connectivity index (χ0n) is 13.0. The fourth-order valence-electron chi connectivity index (χ4n) is 2.65. The van der Waals surface area contributed by atoms with Crippen LogP contribution in [-0.4, -0.2) is 16.0 Å². The number of fused-ring (bicyclic) bond motifs is 1. The second-order valence-corrected chi connectivity index (χ2v) is 5.39. The van der Waals surface area contributed by atoms with E-state index in [1.807, 2.05) is 43.3 Å². The van der Waals surface area contributed by atoms with E-state index in [0.717, 1.165) is 22.4 Å². The van der Waals surface area contributed by atoms with Crippen molar-refractivity contribution in [2.24, 2.45) is 0 Å². The average Bonchev–Trinajstić information content (AvgIpc) is 2.95. The number of nitrogens with zero attached hydrogens (tertiary/aromatic N) is 2. The second-order valence-electron chi connectivity index (χ2n) is 5.39. The second kappa shape index (κ2) is 6.92. The first-order chi connectivity index (χ1) is 11.3. The number of amides is 1. The number of para-hydroxylation sites is 2. The van der Waals surface area contributed by atoms with Crippen LogP contribution in [0.1, 0.15) is 24.4 Å². The maximum absolute atomic E-state index is 10.8. The van der Waals surface area contributed by atoms with E-state index < -0.39 is 0 Å². The molecule has 0 aliphatic rings. The molecule has 1 aromatic heterocycles. The van der Waals surface area contributed by atoms with Gasteiger partial charge in [-0.05, 0) is 24.6 Å². The van der Waals surface area contributed by atoms with Gasteiger partial charge in [0.15, 0.2) is 0 Å². The molecule has 0 unspecified atom stereocenters. The van der Waals surface area contributed by atoms with Gasteiger partial charge in [-0.15, -0.1) is 0 Å². The van der Waals surface area contributed by atoms with Gasteiger partial charge in [0.05, 0.1) is 17.1 Å². The first-order valence-corrected chi connectivity index (χ1v) is 7.66. The van der Waals surface area contributed by atoms with Crippen molar-refractivity contribution in [3.8, 4) is 0 Å². The van der Waals surface area contributed by atoms with Crippen LogP contribution in [0.4, 0.5) is 0 Å². The minimum atomic E-state index is -0.134. The van der Waals surface area contributed by atoms with Crippen LogP contribution < -0.4 is 5.32 Å². The predicted octanol–water partition coefficient (Wildman–Crippen LogP) is 3.56. The first kappa shape index (κ1) is 15.0. The van der Waals surface area contributed by atoms with E-state index in [1.165, 1.54) is 0 Å². The lowest BCUT2D eigenvalue weighted by Gasteiger charge is -2.12. The summed E-state index contributed by atoms with van der Waals surface area (Å²) < 4.78 is 2.13. The normalized spacial score (nSPS) is 12.6. The summed E-state index contributed by atoms with van der Waals surface area (Å²) in [6, 6.07) is 18.1. The monoisotopic (exact) mass is 305 g/mol. The number of carbonyl (C=O) groups excluding carboxylic acids is 1. The molecule has 0 aliphatic heterocycles. The Morgan fingerprint density at radius 2 is 1.87 bits per heavy atom. The van der Waals surface area contributed by atoms with E-state index in [0.29, 0.717) is 13.0 Å². The number of aromatic nitrogens is 2. The van der Waals surface area contributed by atoms with Gasteiger partial charge in [-0.1, -0.05) is 54.6 Å². The Kier molecular flexibility index (Phi) is 4.52. The Balaban J connectivity index is 1.93. The predicted molar refractivity (Wildman–Crippen MR) is 92.8 cm³/mol. The molecule has 1 N–H and O–H groups in total. The summed E-state index contributed by atoms with van der Waals surface area (Å²) >= 11 is 0. The Morgan fingerprint density at radius 3 is 2.65 bits per heavy atom. The van der Waals surface area contributed by atoms with E-state index in [1.54, 1.807) is 0 Å². The Hall–Kier alpha value is -2.88. The average molecular weight is 305 g/mol. The molecule has 116 valence electrons. The Labute approximate surface area is 135 Å². The number of carbonyl (C=O) groups is 1. The SMILES string of the molecule is C[C@@H](NC=O)c1nc2ccccc2n1C/C=C/c1ccccc1. The van der Waals surface area contributed by atoms with Crippen molar-refractivity contribution in [1.82, 2.24) is 14.9 Å². The molecule has 1 heterocycles. The molecule has 0 fully saturated rings. The summed E-state index contributed by atoms with van der Waals surface area (Å²) in [6.45, 7) is 2.64. The molecule has 3 rings (SSSR count). The standard InChI is InChI=1S/C19H19N3O/c1-15(20-14-23)19-21-17-11-5-6-12-18(17)22(19)13-7-10-16-8-3-2-4-9-16/h2-12,14-15H,13H2,1H3,(H,20,23)/b10-7+/t15-/m1/s1. The number of hydrogen-bond donors (Lipinski definition) is 1. The fraction of sp³-hybridized carbons (Fsp3) is 0.158. The van der Waals surface area contributed by atoms with Crippen LogP contribution in [0.3, 0.4) is 0 Å². The molecule has 0 radical (unpaired) electrons. The number of benzene rings is 2. The van der Waals surface area contributed by atoms with Gasteiger partial charge in [-0.25, -0.2) is 4.98 Å². The maximum Gasteiger partial charge on any atom is 0.207 e. The molecule has 0 saturated heterocycles. The molecular weight excluding hydrogens is 286 g/mol. The van der Waals surface area contributed by atoms with Crippen molar-refractivity contribution in [2.45, 2.75) is 19.5 Å². The molecule has 0 saturated carbocycles. The number of imidazole rings is 1. The van der Waals surface area contributed by atoms with Crippen molar-refractivity contribution in [3.05, 3.63) is 72.1 Å². The van der Waals surface area contributed by atoms with Crippen molar-refractivity contribution >= 4 is 23.5 Å². The molecular formula is C19H19N3O. The lowest BCUT2D eigenvalue weighted by molar-refractivity contribution is -0.110. The number of nitrogens with one attached hydrogen (secondary N) is 1. The van der Waals surface area contributed by atoms with Gasteiger partial charge in [0, 0.05) is 6.54 Å². The van der Waals surface area contributed by atoms with Gasteiger partial charge < -0.3 is 9.88 Å². The lowest BCUT2D eigenvalue weighted by atomic mass is 10.2. The van der Waals surface area contributed by atoms with Crippen LogP contribution in [0, 0.1) is 0 Å². The quantitative estimate of drug-likeness (QED) is 0.708. The highest BCUT2D eigenvalue weighted by Gasteiger charge is 2.14. The van der Waals surface area contributed by atoms with E-state index >= 15 is 0 Å². The highest BCUT2D eigenvalue weighted by Crippen LogP contribution is 2.20. The van der Waals surface area contributed by atoms with E-state index in [-0.39, 0.29) is 6.04 Å². The summed E-state index contributed by atoms with van der Waals surface area (Å²) in [7, 11) is 0. The highest BCUT2D eigenvalue weighted by molar-refractivity contribution is 5.76. The topological polar surface area (TPSA) is 46.9 Å². The molecule has 1 atom stereocenters. The molecule has 2 aromatic carbocycles. The number of hydrogen-bond acceptors (Lipinski definition) is 2. The minimum absolute atomic E-state index is 0.134. The molecule has 0 aliphatic carbocycles. The van der Waals surface area contributed by atoms with E-state index in [9.17, 15) is 4.79 Å². The number of allylic oxidation sites excluding steroid dienone is 1. The Morgan fingerprint density at radius 1 is 1.13 bits per heavy atom.